The van der Waals surface area contributed by atoms with Crippen molar-refractivity contribution in [2.75, 3.05) is 17.8 Å². The highest BCUT2D eigenvalue weighted by Gasteiger charge is 2.15. The molecule has 1 atom stereocenters. The number of hydrogen-bond acceptors (Lipinski definition) is 7. The predicted molar refractivity (Wildman–Crippen MR) is 91.6 cm³/mol. The van der Waals surface area contributed by atoms with Gasteiger partial charge in [-0.15, -0.1) is 0 Å². The highest BCUT2D eigenvalue weighted by Crippen LogP contribution is 2.26. The van der Waals surface area contributed by atoms with Gasteiger partial charge in [-0.25, -0.2) is 24.0 Å². The van der Waals surface area contributed by atoms with Crippen LogP contribution in [-0.4, -0.2) is 37.4 Å². The highest BCUT2D eigenvalue weighted by molar-refractivity contribution is 7.98. The summed E-state index contributed by atoms with van der Waals surface area (Å²) in [6.45, 7) is 1.77. The molecule has 7 nitrogen and oxygen atoms in total. The van der Waals surface area contributed by atoms with E-state index < -0.39 is 0 Å². The third-order valence-electron chi connectivity index (χ3n) is 3.37. The van der Waals surface area contributed by atoms with E-state index in [9.17, 15) is 9.50 Å². The number of nitrogens with one attached hydrogen (secondary N) is 1. The normalized spacial score (nSPS) is 12.5. The number of benzene rings is 1. The molecule has 4 N–H and O–H groups in total. The lowest BCUT2D eigenvalue weighted by atomic mass is 10.2. The van der Waals surface area contributed by atoms with Gasteiger partial charge in [0, 0.05) is 11.8 Å². The van der Waals surface area contributed by atoms with Crippen molar-refractivity contribution in [3.05, 3.63) is 42.0 Å². The molecule has 126 valence electrons. The minimum Gasteiger partial charge on any atom is -0.394 e. The van der Waals surface area contributed by atoms with Crippen LogP contribution >= 0.6 is 11.8 Å². The first-order chi connectivity index (χ1) is 11.6. The van der Waals surface area contributed by atoms with E-state index in [1.165, 1.54) is 28.8 Å². The summed E-state index contributed by atoms with van der Waals surface area (Å²) in [5.41, 5.74) is 1.56. The van der Waals surface area contributed by atoms with Gasteiger partial charge in [-0.3, -0.25) is 0 Å². The van der Waals surface area contributed by atoms with Crippen LogP contribution in [0.5, 0.6) is 0 Å². The molecule has 0 saturated heterocycles. The Bertz CT molecular complexity index is 855. The maximum atomic E-state index is 13.7. The standard InChI is InChI=1S/C15H17FN6OS/c1-9(6-23)19-13-12-14(22(17)8-18-12)21-15(20-13)24-7-10-4-2-3-5-11(10)16/h2-5,8-9,23H,6-7,17H2,1H3,(H,19,20,21)/t9-/m1/s1. The monoisotopic (exact) mass is 348 g/mol. The number of anilines is 1. The van der Waals surface area contributed by atoms with E-state index >= 15 is 0 Å². The van der Waals surface area contributed by atoms with Gasteiger partial charge >= 0.3 is 0 Å². The van der Waals surface area contributed by atoms with Crippen LogP contribution < -0.4 is 11.2 Å². The third kappa shape index (κ3) is 3.41. The lowest BCUT2D eigenvalue weighted by molar-refractivity contribution is 0.281. The number of nitrogens with zero attached hydrogens (tertiary/aromatic N) is 4. The number of halogens is 1. The SMILES string of the molecule is C[C@H](CO)Nc1nc(SCc2ccccc2F)nc2c1ncn2N. The first-order valence-electron chi connectivity index (χ1n) is 7.32. The topological polar surface area (TPSA) is 102 Å². The predicted octanol–water partition coefficient (Wildman–Crippen LogP) is 1.76. The minimum absolute atomic E-state index is 0.0491. The number of nitrogen functional groups attached to an aromatic ring is 1. The van der Waals surface area contributed by atoms with Crippen LogP contribution in [0.3, 0.4) is 0 Å². The summed E-state index contributed by atoms with van der Waals surface area (Å²) in [5, 5.41) is 12.7. The quantitative estimate of drug-likeness (QED) is 0.354. The van der Waals surface area contributed by atoms with Gasteiger partial charge in [-0.2, -0.15) is 0 Å². The van der Waals surface area contributed by atoms with Crippen molar-refractivity contribution in [1.82, 2.24) is 19.6 Å². The van der Waals surface area contributed by atoms with Crippen LogP contribution in [0.15, 0.2) is 35.7 Å². The molecule has 9 heteroatoms. The van der Waals surface area contributed by atoms with Crippen LogP contribution in [-0.2, 0) is 5.75 Å². The number of aliphatic hydroxyl groups excluding tert-OH is 1. The Labute approximate surface area is 142 Å². The van der Waals surface area contributed by atoms with Gasteiger partial charge < -0.3 is 16.3 Å². The number of nitrogens with two attached hydrogens (primary N) is 1. The summed E-state index contributed by atoms with van der Waals surface area (Å²) >= 11 is 1.30. The van der Waals surface area contributed by atoms with Gasteiger partial charge in [0.15, 0.2) is 22.1 Å². The Kier molecular flexibility index (Phi) is 4.81. The average molecular weight is 348 g/mol. The molecule has 0 aliphatic heterocycles. The van der Waals surface area contributed by atoms with E-state index in [1.54, 1.807) is 18.2 Å². The summed E-state index contributed by atoms with van der Waals surface area (Å²) in [5.74, 6) is 6.45. The molecule has 2 aromatic heterocycles. The Morgan fingerprint density at radius 2 is 2.17 bits per heavy atom. The zero-order chi connectivity index (χ0) is 17.1. The zero-order valence-corrected chi connectivity index (χ0v) is 13.8. The molecular formula is C15H17FN6OS. The summed E-state index contributed by atoms with van der Waals surface area (Å²) in [4.78, 5) is 13.0. The first-order valence-corrected chi connectivity index (χ1v) is 8.31. The Hall–Kier alpha value is -2.39. The number of thioether (sulfide) groups is 1. The van der Waals surface area contributed by atoms with Crippen molar-refractivity contribution in [2.45, 2.75) is 23.9 Å². The second-order valence-electron chi connectivity index (χ2n) is 5.29. The number of aromatic nitrogens is 4. The molecule has 0 saturated carbocycles. The van der Waals surface area contributed by atoms with Crippen molar-refractivity contribution >= 4 is 28.7 Å². The van der Waals surface area contributed by atoms with Crippen LogP contribution in [0.4, 0.5) is 10.2 Å². The molecule has 0 bridgehead atoms. The molecule has 0 radical (unpaired) electrons. The zero-order valence-electron chi connectivity index (χ0n) is 13.0. The summed E-state index contributed by atoms with van der Waals surface area (Å²) in [7, 11) is 0. The van der Waals surface area contributed by atoms with E-state index in [-0.39, 0.29) is 18.5 Å². The van der Waals surface area contributed by atoms with E-state index in [0.29, 0.717) is 33.5 Å². The molecule has 1 aromatic carbocycles. The maximum absolute atomic E-state index is 13.7. The van der Waals surface area contributed by atoms with Crippen molar-refractivity contribution in [3.63, 3.8) is 0 Å². The summed E-state index contributed by atoms with van der Waals surface area (Å²) in [6.07, 6.45) is 1.44. The van der Waals surface area contributed by atoms with Crippen molar-refractivity contribution in [3.8, 4) is 0 Å². The van der Waals surface area contributed by atoms with Gasteiger partial charge in [0.2, 0.25) is 0 Å². The lowest BCUT2D eigenvalue weighted by Gasteiger charge is -2.12. The smallest absolute Gasteiger partial charge is 0.192 e. The van der Waals surface area contributed by atoms with Gasteiger partial charge in [-0.1, -0.05) is 30.0 Å². The van der Waals surface area contributed by atoms with E-state index in [4.69, 9.17) is 5.84 Å². The summed E-state index contributed by atoms with van der Waals surface area (Å²) in [6, 6.07) is 6.38. The van der Waals surface area contributed by atoms with Gasteiger partial charge in [0.05, 0.1) is 6.61 Å². The lowest BCUT2D eigenvalue weighted by Crippen LogP contribution is -2.20. The fraction of sp³-hybridized carbons (Fsp3) is 0.267. The van der Waals surface area contributed by atoms with Crippen LogP contribution in [0.1, 0.15) is 12.5 Å². The number of rotatable bonds is 6. The first kappa shape index (κ1) is 16.5. The number of fused-ring (bicyclic) bond motifs is 1. The molecule has 0 unspecified atom stereocenters. The third-order valence-corrected chi connectivity index (χ3v) is 4.27. The molecule has 0 amide bonds. The molecule has 24 heavy (non-hydrogen) atoms. The highest BCUT2D eigenvalue weighted by atomic mass is 32.2. The fourth-order valence-electron chi connectivity index (χ4n) is 2.10. The maximum Gasteiger partial charge on any atom is 0.192 e. The molecule has 0 aliphatic carbocycles. The van der Waals surface area contributed by atoms with Crippen molar-refractivity contribution in [2.24, 2.45) is 0 Å². The second kappa shape index (κ2) is 7.02. The number of imidazole rings is 1. The van der Waals surface area contributed by atoms with E-state index in [1.807, 2.05) is 6.92 Å². The Morgan fingerprint density at radius 3 is 2.92 bits per heavy atom. The van der Waals surface area contributed by atoms with Crippen molar-refractivity contribution in [1.29, 1.82) is 0 Å². The van der Waals surface area contributed by atoms with Crippen LogP contribution in [0.2, 0.25) is 0 Å². The Morgan fingerprint density at radius 1 is 1.38 bits per heavy atom. The van der Waals surface area contributed by atoms with Gasteiger partial charge in [-0.05, 0) is 18.6 Å². The largest absolute Gasteiger partial charge is 0.394 e. The number of aliphatic hydroxyl groups is 1. The molecule has 3 aromatic rings. The van der Waals surface area contributed by atoms with Gasteiger partial charge in [0.1, 0.15) is 12.1 Å². The molecule has 3 rings (SSSR count). The van der Waals surface area contributed by atoms with E-state index in [2.05, 4.69) is 20.3 Å². The minimum atomic E-state index is -0.262. The molecular weight excluding hydrogens is 331 g/mol. The average Bonchev–Trinajstić information content (AvgIpc) is 2.95. The summed E-state index contributed by atoms with van der Waals surface area (Å²) < 4.78 is 15.0. The number of hydrogen-bond donors (Lipinski definition) is 3. The van der Waals surface area contributed by atoms with Crippen LogP contribution in [0, 0.1) is 5.82 Å². The van der Waals surface area contributed by atoms with Crippen LogP contribution in [0.25, 0.3) is 11.2 Å². The van der Waals surface area contributed by atoms with E-state index in [0.717, 1.165) is 0 Å². The molecule has 0 aliphatic rings. The molecule has 2 heterocycles. The molecule has 0 spiro atoms. The Balaban J connectivity index is 1.90. The van der Waals surface area contributed by atoms with Gasteiger partial charge in [0.25, 0.3) is 0 Å². The second-order valence-corrected chi connectivity index (χ2v) is 6.23. The molecule has 0 fully saturated rings. The fourth-order valence-corrected chi connectivity index (χ4v) is 2.92. The van der Waals surface area contributed by atoms with Crippen molar-refractivity contribution < 1.29 is 9.50 Å².